The number of rotatable bonds is 4. The normalized spacial score (nSPS) is 25.6. The summed E-state index contributed by atoms with van der Waals surface area (Å²) in [5.41, 5.74) is 8.41. The van der Waals surface area contributed by atoms with Gasteiger partial charge in [-0.2, -0.15) is 5.10 Å². The molecule has 1 unspecified atom stereocenters. The number of benzene rings is 1. The highest BCUT2D eigenvalue weighted by atomic mass is 16.5. The Morgan fingerprint density at radius 2 is 2.23 bits per heavy atom. The first kappa shape index (κ1) is 16.9. The molecule has 138 valence electrons. The Bertz CT molecular complexity index is 788. The van der Waals surface area contributed by atoms with Gasteiger partial charge in [0.25, 0.3) is 0 Å². The van der Waals surface area contributed by atoms with E-state index in [2.05, 4.69) is 21.5 Å². The van der Waals surface area contributed by atoms with E-state index in [1.807, 2.05) is 37.6 Å². The zero-order valence-corrected chi connectivity index (χ0v) is 15.0. The lowest BCUT2D eigenvalue weighted by Gasteiger charge is -2.27. The van der Waals surface area contributed by atoms with Crippen molar-refractivity contribution in [1.29, 1.82) is 0 Å². The van der Waals surface area contributed by atoms with Crippen molar-refractivity contribution in [3.05, 3.63) is 47.8 Å². The second-order valence-corrected chi connectivity index (χ2v) is 6.89. The maximum absolute atomic E-state index is 6.17. The van der Waals surface area contributed by atoms with Gasteiger partial charge in [-0.3, -0.25) is 9.67 Å². The average Bonchev–Trinajstić information content (AvgIpc) is 3.29. The highest BCUT2D eigenvalue weighted by Gasteiger charge is 2.30. The number of nitrogens with two attached hydrogens (primary N) is 1. The van der Waals surface area contributed by atoms with Gasteiger partial charge in [-0.1, -0.05) is 18.2 Å². The van der Waals surface area contributed by atoms with Crippen molar-refractivity contribution in [2.75, 3.05) is 19.8 Å². The molecule has 3 atom stereocenters. The van der Waals surface area contributed by atoms with Crippen molar-refractivity contribution in [1.82, 2.24) is 15.1 Å². The molecular formula is C19H25N5O2. The van der Waals surface area contributed by atoms with Gasteiger partial charge in [0.15, 0.2) is 5.96 Å². The van der Waals surface area contributed by atoms with E-state index in [1.165, 1.54) is 0 Å². The molecule has 7 nitrogen and oxygen atoms in total. The summed E-state index contributed by atoms with van der Waals surface area (Å²) in [7, 11) is 1.92. The first-order valence-electron chi connectivity index (χ1n) is 9.09. The van der Waals surface area contributed by atoms with Gasteiger partial charge < -0.3 is 20.5 Å². The molecule has 0 radical (unpaired) electrons. The molecule has 1 saturated heterocycles. The molecule has 3 heterocycles. The topological polar surface area (TPSA) is 86.7 Å². The summed E-state index contributed by atoms with van der Waals surface area (Å²) < 4.78 is 13.4. The SMILES string of the molecule is Cn1cc([C@@H]2OCC[C@H]2CN=C(N)NC2CCOc3ccccc32)cn1. The second kappa shape index (κ2) is 7.37. The van der Waals surface area contributed by atoms with Crippen LogP contribution in [0.3, 0.4) is 0 Å². The van der Waals surface area contributed by atoms with Gasteiger partial charge in [0.05, 0.1) is 24.9 Å². The van der Waals surface area contributed by atoms with Gasteiger partial charge in [-0.15, -0.1) is 0 Å². The molecule has 0 bridgehead atoms. The minimum absolute atomic E-state index is 0.0454. The van der Waals surface area contributed by atoms with E-state index in [4.69, 9.17) is 15.2 Å². The Morgan fingerprint density at radius 1 is 1.35 bits per heavy atom. The molecule has 0 spiro atoms. The smallest absolute Gasteiger partial charge is 0.189 e. The lowest BCUT2D eigenvalue weighted by molar-refractivity contribution is 0.0925. The van der Waals surface area contributed by atoms with Crippen LogP contribution in [0.15, 0.2) is 41.7 Å². The van der Waals surface area contributed by atoms with E-state index in [1.54, 1.807) is 4.68 Å². The fourth-order valence-electron chi connectivity index (χ4n) is 3.71. The van der Waals surface area contributed by atoms with Crippen LogP contribution in [0.25, 0.3) is 0 Å². The Morgan fingerprint density at radius 3 is 3.08 bits per heavy atom. The molecule has 4 rings (SSSR count). The molecule has 2 aliphatic rings. The molecule has 1 aromatic heterocycles. The average molecular weight is 355 g/mol. The number of fused-ring (bicyclic) bond motifs is 1. The number of aryl methyl sites for hydroxylation is 1. The van der Waals surface area contributed by atoms with Crippen LogP contribution >= 0.6 is 0 Å². The zero-order chi connectivity index (χ0) is 17.9. The summed E-state index contributed by atoms with van der Waals surface area (Å²) >= 11 is 0. The van der Waals surface area contributed by atoms with Crippen LogP contribution in [0.4, 0.5) is 0 Å². The number of para-hydroxylation sites is 1. The summed E-state index contributed by atoms with van der Waals surface area (Å²) in [5, 5.41) is 7.59. The Balaban J connectivity index is 1.40. The summed E-state index contributed by atoms with van der Waals surface area (Å²) in [6.45, 7) is 2.07. The second-order valence-electron chi connectivity index (χ2n) is 6.89. The first-order chi connectivity index (χ1) is 12.7. The van der Waals surface area contributed by atoms with Crippen molar-refractivity contribution in [3.63, 3.8) is 0 Å². The number of aromatic nitrogens is 2. The molecule has 3 N–H and O–H groups in total. The predicted molar refractivity (Wildman–Crippen MR) is 98.9 cm³/mol. The number of hydrogen-bond donors (Lipinski definition) is 2. The van der Waals surface area contributed by atoms with E-state index in [9.17, 15) is 0 Å². The minimum Gasteiger partial charge on any atom is -0.493 e. The number of nitrogens with one attached hydrogen (secondary N) is 1. The Hall–Kier alpha value is -2.54. The minimum atomic E-state index is 0.0454. The fraction of sp³-hybridized carbons (Fsp3) is 0.474. The fourth-order valence-corrected chi connectivity index (χ4v) is 3.71. The highest BCUT2D eigenvalue weighted by molar-refractivity contribution is 5.78. The number of hydrogen-bond acceptors (Lipinski definition) is 4. The molecular weight excluding hydrogens is 330 g/mol. The van der Waals surface area contributed by atoms with Crippen molar-refractivity contribution in [2.24, 2.45) is 23.7 Å². The van der Waals surface area contributed by atoms with Crippen molar-refractivity contribution in [3.8, 4) is 5.75 Å². The summed E-state index contributed by atoms with van der Waals surface area (Å²) in [6, 6.07) is 8.20. The van der Waals surface area contributed by atoms with Crippen LogP contribution in [0.1, 0.15) is 36.1 Å². The largest absolute Gasteiger partial charge is 0.493 e. The number of guanidine groups is 1. The van der Waals surface area contributed by atoms with Crippen LogP contribution in [0.5, 0.6) is 5.75 Å². The molecule has 0 amide bonds. The number of aliphatic imine (C=N–C) groups is 1. The quantitative estimate of drug-likeness (QED) is 0.646. The summed E-state index contributed by atoms with van der Waals surface area (Å²) in [4.78, 5) is 4.59. The van der Waals surface area contributed by atoms with Crippen LogP contribution < -0.4 is 15.8 Å². The monoisotopic (exact) mass is 355 g/mol. The van der Waals surface area contributed by atoms with E-state index in [0.717, 1.165) is 36.3 Å². The highest BCUT2D eigenvalue weighted by Crippen LogP contribution is 2.34. The van der Waals surface area contributed by atoms with E-state index in [0.29, 0.717) is 25.0 Å². The zero-order valence-electron chi connectivity index (χ0n) is 15.0. The standard InChI is InChI=1S/C19H25N5O2/c1-24-12-14(11-22-24)18-13(6-8-26-18)10-21-19(20)23-16-7-9-25-17-5-3-2-4-15(16)17/h2-5,11-13,16,18H,6-10H2,1H3,(H3,20,21,23)/t13-,16?,18+/m0/s1. The van der Waals surface area contributed by atoms with E-state index in [-0.39, 0.29) is 12.1 Å². The molecule has 2 aromatic rings. The third-order valence-electron chi connectivity index (χ3n) is 5.04. The van der Waals surface area contributed by atoms with Gasteiger partial charge in [-0.25, -0.2) is 0 Å². The van der Waals surface area contributed by atoms with Crippen LogP contribution in [0, 0.1) is 5.92 Å². The van der Waals surface area contributed by atoms with Crippen molar-refractivity contribution < 1.29 is 9.47 Å². The third kappa shape index (κ3) is 3.53. The van der Waals surface area contributed by atoms with Gasteiger partial charge in [0.1, 0.15) is 5.75 Å². The van der Waals surface area contributed by atoms with Gasteiger partial charge in [-0.05, 0) is 12.5 Å². The molecule has 2 aliphatic heterocycles. The third-order valence-corrected chi connectivity index (χ3v) is 5.04. The summed E-state index contributed by atoms with van der Waals surface area (Å²) in [5.74, 6) is 1.72. The molecule has 0 aliphatic carbocycles. The molecule has 0 saturated carbocycles. The maximum atomic E-state index is 6.17. The maximum Gasteiger partial charge on any atom is 0.189 e. The lowest BCUT2D eigenvalue weighted by Crippen LogP contribution is -2.37. The van der Waals surface area contributed by atoms with Crippen molar-refractivity contribution >= 4 is 5.96 Å². The first-order valence-corrected chi connectivity index (χ1v) is 9.09. The van der Waals surface area contributed by atoms with E-state index < -0.39 is 0 Å². The molecule has 26 heavy (non-hydrogen) atoms. The van der Waals surface area contributed by atoms with Gasteiger partial charge in [0, 0.05) is 49.9 Å². The van der Waals surface area contributed by atoms with Crippen molar-refractivity contribution in [2.45, 2.75) is 25.0 Å². The molecule has 1 fully saturated rings. The van der Waals surface area contributed by atoms with E-state index >= 15 is 0 Å². The predicted octanol–water partition coefficient (Wildman–Crippen LogP) is 1.93. The van der Waals surface area contributed by atoms with Crippen LogP contribution in [-0.2, 0) is 11.8 Å². The number of nitrogens with zero attached hydrogens (tertiary/aromatic N) is 3. The molecule has 7 heteroatoms. The van der Waals surface area contributed by atoms with Gasteiger partial charge >= 0.3 is 0 Å². The summed E-state index contributed by atoms with van der Waals surface area (Å²) in [6.07, 6.45) is 5.78. The van der Waals surface area contributed by atoms with Gasteiger partial charge in [0.2, 0.25) is 0 Å². The Kier molecular flexibility index (Phi) is 4.79. The Labute approximate surface area is 153 Å². The van der Waals surface area contributed by atoms with Crippen LogP contribution in [0.2, 0.25) is 0 Å². The molecule has 1 aromatic carbocycles. The van der Waals surface area contributed by atoms with Crippen LogP contribution in [-0.4, -0.2) is 35.5 Å². The lowest BCUT2D eigenvalue weighted by atomic mass is 9.97. The number of ether oxygens (including phenoxy) is 2.